The summed E-state index contributed by atoms with van der Waals surface area (Å²) in [6, 6.07) is 31.9. The van der Waals surface area contributed by atoms with Crippen molar-refractivity contribution in [1.29, 1.82) is 0 Å². The van der Waals surface area contributed by atoms with Gasteiger partial charge in [-0.25, -0.2) is 4.68 Å². The summed E-state index contributed by atoms with van der Waals surface area (Å²) in [6.07, 6.45) is 0. The zero-order valence-corrected chi connectivity index (χ0v) is 23.8. The Labute approximate surface area is 248 Å². The molecule has 1 aliphatic rings. The van der Waals surface area contributed by atoms with Crippen LogP contribution in [0.5, 0.6) is 5.75 Å². The first-order valence-electron chi connectivity index (χ1n) is 14.1. The second-order valence-electron chi connectivity index (χ2n) is 10.3. The number of carbonyl (C=O) groups is 2. The summed E-state index contributed by atoms with van der Waals surface area (Å²) in [7, 11) is 1.51. The van der Waals surface area contributed by atoms with Crippen molar-refractivity contribution < 1.29 is 14.3 Å². The molecule has 2 heterocycles. The number of methoxy groups -OCH3 is 1. The maximum Gasteiger partial charge on any atom is 0.275 e. The monoisotopic (exact) mass is 573 g/mol. The highest BCUT2D eigenvalue weighted by atomic mass is 16.5. The van der Waals surface area contributed by atoms with Gasteiger partial charge in [0, 0.05) is 48.5 Å². The number of para-hydroxylation sites is 1. The Hall–Kier alpha value is -5.44. The summed E-state index contributed by atoms with van der Waals surface area (Å²) in [4.78, 5) is 44.1. The van der Waals surface area contributed by atoms with Gasteiger partial charge in [-0.2, -0.15) is 5.10 Å². The van der Waals surface area contributed by atoms with Gasteiger partial charge in [0.1, 0.15) is 12.3 Å². The zero-order chi connectivity index (χ0) is 29.8. The number of hydrogen-bond donors (Lipinski definition) is 1. The van der Waals surface area contributed by atoms with Crippen molar-refractivity contribution in [3.05, 3.63) is 119 Å². The molecule has 0 unspecified atom stereocenters. The number of nitrogens with one attached hydrogen (secondary N) is 1. The number of piperazine rings is 1. The molecular formula is C34H31N5O4. The number of aromatic nitrogens is 2. The van der Waals surface area contributed by atoms with Crippen LogP contribution in [-0.2, 0) is 11.3 Å². The minimum atomic E-state index is -0.441. The molecule has 216 valence electrons. The Kier molecular flexibility index (Phi) is 7.86. The number of nitrogens with zero attached hydrogens (tertiary/aromatic N) is 4. The van der Waals surface area contributed by atoms with E-state index < -0.39 is 5.91 Å². The van der Waals surface area contributed by atoms with Crippen LogP contribution >= 0.6 is 0 Å². The fourth-order valence-electron chi connectivity index (χ4n) is 5.42. The topological polar surface area (TPSA) is 96.8 Å². The molecule has 0 radical (unpaired) electrons. The molecule has 1 N–H and O–H groups in total. The molecule has 4 aromatic carbocycles. The molecule has 2 amide bonds. The predicted molar refractivity (Wildman–Crippen MR) is 168 cm³/mol. The third-order valence-electron chi connectivity index (χ3n) is 7.61. The zero-order valence-electron chi connectivity index (χ0n) is 23.8. The number of ether oxygens (including phenoxy) is 1. The fraction of sp³-hybridized carbons (Fsp3) is 0.176. The van der Waals surface area contributed by atoms with Crippen molar-refractivity contribution in [2.75, 3.05) is 43.5 Å². The molecule has 1 fully saturated rings. The van der Waals surface area contributed by atoms with Gasteiger partial charge in [0.15, 0.2) is 0 Å². The average molecular weight is 574 g/mol. The Morgan fingerprint density at radius 2 is 1.47 bits per heavy atom. The molecule has 0 atom stereocenters. The van der Waals surface area contributed by atoms with Gasteiger partial charge >= 0.3 is 0 Å². The first-order chi connectivity index (χ1) is 21.0. The number of carbonyl (C=O) groups excluding carboxylic acids is 2. The first kappa shape index (κ1) is 27.7. The summed E-state index contributed by atoms with van der Waals surface area (Å²) in [6.45, 7) is 2.27. The van der Waals surface area contributed by atoms with Crippen LogP contribution in [0, 0.1) is 0 Å². The van der Waals surface area contributed by atoms with Crippen molar-refractivity contribution in [3.8, 4) is 17.0 Å². The molecule has 6 rings (SSSR count). The van der Waals surface area contributed by atoms with Gasteiger partial charge in [-0.05, 0) is 36.4 Å². The minimum Gasteiger partial charge on any atom is -0.496 e. The van der Waals surface area contributed by atoms with E-state index in [1.807, 2.05) is 60.7 Å². The van der Waals surface area contributed by atoms with Gasteiger partial charge in [-0.15, -0.1) is 0 Å². The minimum absolute atomic E-state index is 0.166. The number of anilines is 2. The van der Waals surface area contributed by atoms with Crippen LogP contribution in [0.2, 0.25) is 0 Å². The molecule has 0 saturated carbocycles. The number of amides is 2. The van der Waals surface area contributed by atoms with Crippen LogP contribution < -0.4 is 20.5 Å². The first-order valence-corrected chi connectivity index (χ1v) is 14.1. The largest absolute Gasteiger partial charge is 0.496 e. The number of hydrogen-bond acceptors (Lipinski definition) is 6. The third-order valence-corrected chi connectivity index (χ3v) is 7.61. The van der Waals surface area contributed by atoms with Gasteiger partial charge in [0.25, 0.3) is 11.5 Å². The van der Waals surface area contributed by atoms with Crippen molar-refractivity contribution >= 4 is 34.0 Å². The standard InChI is InChI=1S/C34H31N5O4/c1-43-30-17-16-25(22-29(30)33(41)38-20-18-37(19-21-38)26-12-6-3-7-13-26)35-31(40)23-39-34(42)28-15-9-8-14-27(28)32(36-39)24-10-4-2-5-11-24/h2-17,22H,18-21,23H2,1H3,(H,35,40). The van der Waals surface area contributed by atoms with E-state index in [2.05, 4.69) is 27.4 Å². The Morgan fingerprint density at radius 3 is 2.16 bits per heavy atom. The number of benzene rings is 4. The van der Waals surface area contributed by atoms with E-state index in [-0.39, 0.29) is 18.0 Å². The van der Waals surface area contributed by atoms with E-state index in [9.17, 15) is 14.4 Å². The van der Waals surface area contributed by atoms with Gasteiger partial charge in [0.2, 0.25) is 5.91 Å². The van der Waals surface area contributed by atoms with Gasteiger partial charge in [-0.3, -0.25) is 14.4 Å². The molecule has 9 nitrogen and oxygen atoms in total. The number of fused-ring (bicyclic) bond motifs is 1. The summed E-state index contributed by atoms with van der Waals surface area (Å²) < 4.78 is 6.67. The van der Waals surface area contributed by atoms with Crippen LogP contribution in [0.15, 0.2) is 108 Å². The maximum absolute atomic E-state index is 13.6. The normalized spacial score (nSPS) is 13.1. The van der Waals surface area contributed by atoms with E-state index in [1.54, 1.807) is 35.2 Å². The molecule has 0 aliphatic carbocycles. The van der Waals surface area contributed by atoms with E-state index in [0.717, 1.165) is 16.6 Å². The van der Waals surface area contributed by atoms with Crippen molar-refractivity contribution in [3.63, 3.8) is 0 Å². The second-order valence-corrected chi connectivity index (χ2v) is 10.3. The molecule has 1 aliphatic heterocycles. The molecule has 5 aromatic rings. The lowest BCUT2D eigenvalue weighted by Crippen LogP contribution is -2.48. The molecule has 0 bridgehead atoms. The van der Waals surface area contributed by atoms with Crippen molar-refractivity contribution in [1.82, 2.24) is 14.7 Å². The second kappa shape index (κ2) is 12.2. The molecule has 43 heavy (non-hydrogen) atoms. The lowest BCUT2D eigenvalue weighted by atomic mass is 10.1. The highest BCUT2D eigenvalue weighted by Crippen LogP contribution is 2.27. The van der Waals surface area contributed by atoms with Crippen molar-refractivity contribution in [2.24, 2.45) is 0 Å². The Morgan fingerprint density at radius 1 is 0.814 bits per heavy atom. The molecule has 1 aromatic heterocycles. The SMILES string of the molecule is COc1ccc(NC(=O)Cn2nc(-c3ccccc3)c3ccccc3c2=O)cc1C(=O)N1CCN(c2ccccc2)CC1. The van der Waals surface area contributed by atoms with Gasteiger partial charge < -0.3 is 19.9 Å². The lowest BCUT2D eigenvalue weighted by Gasteiger charge is -2.36. The molecular weight excluding hydrogens is 542 g/mol. The Bertz CT molecular complexity index is 1830. The number of rotatable bonds is 7. The van der Waals surface area contributed by atoms with Crippen LogP contribution in [-0.4, -0.2) is 59.8 Å². The van der Waals surface area contributed by atoms with Crippen LogP contribution in [0.1, 0.15) is 10.4 Å². The highest BCUT2D eigenvalue weighted by Gasteiger charge is 2.25. The summed E-state index contributed by atoms with van der Waals surface area (Å²) in [5, 5.41) is 8.60. The lowest BCUT2D eigenvalue weighted by molar-refractivity contribution is -0.117. The van der Waals surface area contributed by atoms with E-state index in [1.165, 1.54) is 11.8 Å². The fourth-order valence-corrected chi connectivity index (χ4v) is 5.42. The van der Waals surface area contributed by atoms with E-state index >= 15 is 0 Å². The van der Waals surface area contributed by atoms with Crippen LogP contribution in [0.3, 0.4) is 0 Å². The van der Waals surface area contributed by atoms with Gasteiger partial charge in [-0.1, -0.05) is 66.7 Å². The molecule has 0 spiro atoms. The van der Waals surface area contributed by atoms with Gasteiger partial charge in [0.05, 0.1) is 23.8 Å². The predicted octanol–water partition coefficient (Wildman–Crippen LogP) is 4.67. The van der Waals surface area contributed by atoms with Crippen LogP contribution in [0.25, 0.3) is 22.0 Å². The Balaban J connectivity index is 1.20. The summed E-state index contributed by atoms with van der Waals surface area (Å²) in [5.41, 5.74) is 3.03. The third kappa shape index (κ3) is 5.83. The van der Waals surface area contributed by atoms with E-state index in [0.29, 0.717) is 54.3 Å². The van der Waals surface area contributed by atoms with E-state index in [4.69, 9.17) is 4.74 Å². The summed E-state index contributed by atoms with van der Waals surface area (Å²) in [5.74, 6) is -0.182. The highest BCUT2D eigenvalue weighted by molar-refractivity contribution is 6.00. The summed E-state index contributed by atoms with van der Waals surface area (Å²) >= 11 is 0. The van der Waals surface area contributed by atoms with Crippen LogP contribution in [0.4, 0.5) is 11.4 Å². The maximum atomic E-state index is 13.6. The smallest absolute Gasteiger partial charge is 0.275 e. The molecule has 1 saturated heterocycles. The molecule has 9 heteroatoms. The van der Waals surface area contributed by atoms with Crippen molar-refractivity contribution in [2.45, 2.75) is 6.54 Å². The average Bonchev–Trinajstić information content (AvgIpc) is 3.06. The quantitative estimate of drug-likeness (QED) is 0.304.